The van der Waals surface area contributed by atoms with Crippen LogP contribution in [0.25, 0.3) is 16.0 Å². The molecule has 6 rings (SSSR count). The van der Waals surface area contributed by atoms with Crippen molar-refractivity contribution in [2.24, 2.45) is 0 Å². The summed E-state index contributed by atoms with van der Waals surface area (Å²) in [7, 11) is 1.57. The number of carbonyl (C=O) groups is 2. The second-order valence-electron chi connectivity index (χ2n) is 8.99. The molecule has 0 aliphatic carbocycles. The van der Waals surface area contributed by atoms with E-state index < -0.39 is 17.7 Å². The average Bonchev–Trinajstić information content (AvgIpc) is 3.51. The van der Waals surface area contributed by atoms with Crippen LogP contribution < -0.4 is 14.4 Å². The Balaban J connectivity index is 1.51. The average molecular weight is 569 g/mol. The third-order valence-corrected chi connectivity index (χ3v) is 7.77. The van der Waals surface area contributed by atoms with Gasteiger partial charge in [0.1, 0.15) is 23.0 Å². The molecule has 1 N–H and O–H groups in total. The minimum Gasteiger partial charge on any atom is -0.507 e. The fourth-order valence-electron chi connectivity index (χ4n) is 4.60. The summed E-state index contributed by atoms with van der Waals surface area (Å²) in [5.41, 5.74) is 1.53. The number of anilines is 1. The first-order valence-corrected chi connectivity index (χ1v) is 13.5. The van der Waals surface area contributed by atoms with E-state index in [9.17, 15) is 14.7 Å². The molecule has 1 aromatic heterocycles. The first-order valence-electron chi connectivity index (χ1n) is 12.3. The van der Waals surface area contributed by atoms with Crippen molar-refractivity contribution in [3.05, 3.63) is 119 Å². The molecule has 1 unspecified atom stereocenters. The normalized spacial score (nSPS) is 16.4. The number of Topliss-reactive ketones (excluding diaryl/α,β-unsaturated/α-hetero) is 1. The third-order valence-electron chi connectivity index (χ3n) is 6.51. The maximum absolute atomic E-state index is 13.6. The first-order chi connectivity index (χ1) is 19.4. The molecule has 0 spiro atoms. The van der Waals surface area contributed by atoms with Gasteiger partial charge in [-0.2, -0.15) is 0 Å². The van der Waals surface area contributed by atoms with E-state index in [0.717, 1.165) is 4.70 Å². The first kappa shape index (κ1) is 25.6. The van der Waals surface area contributed by atoms with E-state index in [1.54, 1.807) is 67.8 Å². The molecule has 0 radical (unpaired) electrons. The molecule has 7 nitrogen and oxygen atoms in total. The highest BCUT2D eigenvalue weighted by atomic mass is 35.5. The molecular weight excluding hydrogens is 548 g/mol. The van der Waals surface area contributed by atoms with Crippen LogP contribution in [0.5, 0.6) is 17.2 Å². The number of aliphatic hydroxyl groups excluding tert-OH is 1. The Bertz CT molecular complexity index is 1780. The molecule has 5 aromatic rings. The number of amides is 1. The van der Waals surface area contributed by atoms with E-state index in [1.807, 2.05) is 36.4 Å². The number of rotatable bonds is 6. The second-order valence-corrected chi connectivity index (χ2v) is 10.4. The number of hydrogen-bond acceptors (Lipinski definition) is 7. The summed E-state index contributed by atoms with van der Waals surface area (Å²) in [4.78, 5) is 33.1. The molecule has 0 bridgehead atoms. The summed E-state index contributed by atoms with van der Waals surface area (Å²) in [5, 5.41) is 12.2. The highest BCUT2D eigenvalue weighted by Gasteiger charge is 2.48. The quantitative estimate of drug-likeness (QED) is 0.131. The van der Waals surface area contributed by atoms with E-state index in [0.29, 0.717) is 44.0 Å². The lowest BCUT2D eigenvalue weighted by atomic mass is 9.95. The number of thiazole rings is 1. The van der Waals surface area contributed by atoms with Crippen molar-refractivity contribution in [3.8, 4) is 17.2 Å². The molecule has 198 valence electrons. The molecule has 40 heavy (non-hydrogen) atoms. The number of nitrogens with zero attached hydrogens (tertiary/aromatic N) is 2. The van der Waals surface area contributed by atoms with E-state index in [-0.39, 0.29) is 11.3 Å². The predicted octanol–water partition coefficient (Wildman–Crippen LogP) is 7.38. The highest BCUT2D eigenvalue weighted by Crippen LogP contribution is 2.45. The van der Waals surface area contributed by atoms with Crippen molar-refractivity contribution in [1.29, 1.82) is 0 Å². The third kappa shape index (κ3) is 4.68. The lowest BCUT2D eigenvalue weighted by Crippen LogP contribution is -2.29. The molecule has 4 aromatic carbocycles. The van der Waals surface area contributed by atoms with Gasteiger partial charge in [-0.25, -0.2) is 4.98 Å². The molecule has 1 amide bonds. The van der Waals surface area contributed by atoms with Gasteiger partial charge in [-0.05, 0) is 72.3 Å². The Hall–Kier alpha value is -4.66. The Morgan fingerprint density at radius 1 is 0.900 bits per heavy atom. The van der Waals surface area contributed by atoms with Gasteiger partial charge >= 0.3 is 5.91 Å². The van der Waals surface area contributed by atoms with Crippen LogP contribution in [0.15, 0.2) is 103 Å². The van der Waals surface area contributed by atoms with Crippen molar-refractivity contribution in [1.82, 2.24) is 4.98 Å². The van der Waals surface area contributed by atoms with Gasteiger partial charge in [0.05, 0.1) is 28.9 Å². The van der Waals surface area contributed by atoms with Crippen molar-refractivity contribution >= 4 is 55.7 Å². The Morgan fingerprint density at radius 3 is 2.40 bits per heavy atom. The lowest BCUT2D eigenvalue weighted by molar-refractivity contribution is -0.132. The van der Waals surface area contributed by atoms with E-state index >= 15 is 0 Å². The summed E-state index contributed by atoms with van der Waals surface area (Å²) in [6.45, 7) is 0. The number of methoxy groups -OCH3 is 1. The molecule has 1 aliphatic rings. The number of aliphatic hydroxyl groups is 1. The van der Waals surface area contributed by atoms with E-state index in [2.05, 4.69) is 4.98 Å². The van der Waals surface area contributed by atoms with E-state index in [1.165, 1.54) is 16.2 Å². The van der Waals surface area contributed by atoms with Gasteiger partial charge in [0.2, 0.25) is 0 Å². The lowest BCUT2D eigenvalue weighted by Gasteiger charge is -2.23. The Morgan fingerprint density at radius 2 is 1.65 bits per heavy atom. The number of hydrogen-bond donors (Lipinski definition) is 1. The zero-order valence-corrected chi connectivity index (χ0v) is 22.6. The summed E-state index contributed by atoms with van der Waals surface area (Å²) in [5.74, 6) is -0.121. The van der Waals surface area contributed by atoms with Gasteiger partial charge in [0.15, 0.2) is 5.13 Å². The van der Waals surface area contributed by atoms with Gasteiger partial charge in [-0.3, -0.25) is 14.5 Å². The molecule has 0 saturated carbocycles. The number of halogens is 1. The van der Waals surface area contributed by atoms with Gasteiger partial charge in [-0.15, -0.1) is 0 Å². The fourth-order valence-corrected chi connectivity index (χ4v) is 5.75. The summed E-state index contributed by atoms with van der Waals surface area (Å²) in [6, 6.07) is 27.2. The minimum atomic E-state index is -0.961. The number of carbonyl (C=O) groups excluding carboxylic acids is 2. The SMILES string of the molecule is COc1ccc2nc(N3C(=O)C(=O)C(=C(O)c4ccc(Cl)cc4)C3c3cccc(Oc4ccccc4)c3)sc2c1. The summed E-state index contributed by atoms with van der Waals surface area (Å²) in [6.07, 6.45) is 0. The Kier molecular flexibility index (Phi) is 6.71. The fraction of sp³-hybridized carbons (Fsp3) is 0.0645. The minimum absolute atomic E-state index is 0.0546. The monoisotopic (exact) mass is 568 g/mol. The molecule has 2 heterocycles. The van der Waals surface area contributed by atoms with Crippen LogP contribution >= 0.6 is 22.9 Å². The highest BCUT2D eigenvalue weighted by molar-refractivity contribution is 7.22. The number of ether oxygens (including phenoxy) is 2. The number of ketones is 1. The maximum Gasteiger partial charge on any atom is 0.301 e. The van der Waals surface area contributed by atoms with Crippen molar-refractivity contribution in [2.75, 3.05) is 12.0 Å². The Labute approximate surface area is 238 Å². The molecular formula is C31H21ClN2O5S. The molecule has 1 fully saturated rings. The number of benzene rings is 4. The van der Waals surface area contributed by atoms with Crippen LogP contribution in [0.2, 0.25) is 5.02 Å². The summed E-state index contributed by atoms with van der Waals surface area (Å²) < 4.78 is 12.2. The zero-order chi connectivity index (χ0) is 27.8. The van der Waals surface area contributed by atoms with Crippen LogP contribution in [0, 0.1) is 0 Å². The molecule has 1 atom stereocenters. The largest absolute Gasteiger partial charge is 0.507 e. The van der Waals surface area contributed by atoms with Crippen LogP contribution in [-0.4, -0.2) is 28.9 Å². The van der Waals surface area contributed by atoms with Gasteiger partial charge < -0.3 is 14.6 Å². The van der Waals surface area contributed by atoms with Crippen molar-refractivity contribution < 1.29 is 24.2 Å². The van der Waals surface area contributed by atoms with E-state index in [4.69, 9.17) is 21.1 Å². The molecule has 1 saturated heterocycles. The zero-order valence-electron chi connectivity index (χ0n) is 21.1. The van der Waals surface area contributed by atoms with Crippen LogP contribution in [0.1, 0.15) is 17.2 Å². The van der Waals surface area contributed by atoms with Crippen molar-refractivity contribution in [3.63, 3.8) is 0 Å². The predicted molar refractivity (Wildman–Crippen MR) is 155 cm³/mol. The molecule has 1 aliphatic heterocycles. The molecule has 9 heteroatoms. The topological polar surface area (TPSA) is 89.0 Å². The number of aromatic nitrogens is 1. The van der Waals surface area contributed by atoms with Crippen LogP contribution in [0.3, 0.4) is 0 Å². The van der Waals surface area contributed by atoms with Gasteiger partial charge in [0.25, 0.3) is 5.78 Å². The van der Waals surface area contributed by atoms with Gasteiger partial charge in [-0.1, -0.05) is 53.3 Å². The number of para-hydroxylation sites is 1. The van der Waals surface area contributed by atoms with Crippen LogP contribution in [0.4, 0.5) is 5.13 Å². The smallest absolute Gasteiger partial charge is 0.301 e. The maximum atomic E-state index is 13.6. The standard InChI is InChI=1S/C31H21ClN2O5S/c1-38-22-14-15-24-25(17-22)40-31(33-24)34-27(19-6-5-9-23(16-19)39-21-7-3-2-4-8-21)26(29(36)30(34)37)28(35)18-10-12-20(32)13-11-18/h2-17,27,35H,1H3. The van der Waals surface area contributed by atoms with Crippen molar-refractivity contribution in [2.45, 2.75) is 6.04 Å². The number of fused-ring (bicyclic) bond motifs is 1. The van der Waals surface area contributed by atoms with Gasteiger partial charge in [0, 0.05) is 10.6 Å². The second kappa shape index (κ2) is 10.5. The summed E-state index contributed by atoms with van der Waals surface area (Å²) >= 11 is 7.30. The van der Waals surface area contributed by atoms with Crippen LogP contribution in [-0.2, 0) is 9.59 Å².